The van der Waals surface area contributed by atoms with E-state index in [2.05, 4.69) is 24.5 Å². The molecule has 1 fully saturated rings. The Morgan fingerprint density at radius 3 is 2.61 bits per heavy atom. The third-order valence-electron chi connectivity index (χ3n) is 3.89. The van der Waals surface area contributed by atoms with Crippen molar-refractivity contribution in [2.75, 3.05) is 26.9 Å². The van der Waals surface area contributed by atoms with Gasteiger partial charge in [0.15, 0.2) is 0 Å². The van der Waals surface area contributed by atoms with Crippen LogP contribution in [0.3, 0.4) is 0 Å². The van der Waals surface area contributed by atoms with Crippen molar-refractivity contribution in [3.05, 3.63) is 29.8 Å². The Balaban J connectivity index is 0.00000264. The third kappa shape index (κ3) is 6.01. The fraction of sp³-hybridized carbons (Fsp3) is 0.588. The van der Waals surface area contributed by atoms with Gasteiger partial charge in [-0.25, -0.2) is 0 Å². The molecular formula is C17H27ClN2O3. The summed E-state index contributed by atoms with van der Waals surface area (Å²) in [4.78, 5) is 12.3. The minimum Gasteiger partial charge on any atom is -0.497 e. The van der Waals surface area contributed by atoms with E-state index in [9.17, 15) is 4.79 Å². The van der Waals surface area contributed by atoms with Crippen LogP contribution in [0.5, 0.6) is 5.75 Å². The van der Waals surface area contributed by atoms with Gasteiger partial charge in [0.2, 0.25) is 5.91 Å². The topological polar surface area (TPSA) is 59.6 Å². The third-order valence-corrected chi connectivity index (χ3v) is 3.89. The standard InChI is InChI=1S/C17H26N2O3.ClH/c1-12(2)17(13-4-6-15(21-3)7-5-13)19-16(20)10-14-11-22-9-8-18-14;/h4-7,12,14,17-18H,8-11H2,1-3H3,(H,19,20);1H. The number of morpholine rings is 1. The molecule has 0 aromatic heterocycles. The molecule has 1 aromatic rings. The van der Waals surface area contributed by atoms with Crippen molar-refractivity contribution in [2.24, 2.45) is 5.92 Å². The summed E-state index contributed by atoms with van der Waals surface area (Å²) in [5, 5.41) is 6.45. The number of carbonyl (C=O) groups is 1. The predicted octanol–water partition coefficient (Wildman–Crippen LogP) is 2.31. The van der Waals surface area contributed by atoms with E-state index in [0.717, 1.165) is 24.5 Å². The van der Waals surface area contributed by atoms with Crippen LogP contribution in [0, 0.1) is 5.92 Å². The highest BCUT2D eigenvalue weighted by atomic mass is 35.5. The van der Waals surface area contributed by atoms with Gasteiger partial charge in [-0.15, -0.1) is 12.4 Å². The molecule has 5 nitrogen and oxygen atoms in total. The molecule has 1 heterocycles. The molecule has 1 saturated heterocycles. The second-order valence-corrected chi connectivity index (χ2v) is 5.99. The minimum absolute atomic E-state index is 0. The van der Waals surface area contributed by atoms with Gasteiger partial charge < -0.3 is 20.1 Å². The van der Waals surface area contributed by atoms with Crippen LogP contribution >= 0.6 is 12.4 Å². The van der Waals surface area contributed by atoms with Crippen LogP contribution in [0.2, 0.25) is 0 Å². The lowest BCUT2D eigenvalue weighted by atomic mass is 9.95. The average molecular weight is 343 g/mol. The molecule has 6 heteroatoms. The van der Waals surface area contributed by atoms with E-state index >= 15 is 0 Å². The van der Waals surface area contributed by atoms with Gasteiger partial charge in [-0.3, -0.25) is 4.79 Å². The maximum atomic E-state index is 12.3. The molecule has 2 rings (SSSR count). The van der Waals surface area contributed by atoms with E-state index in [0.29, 0.717) is 18.9 Å². The molecule has 1 aromatic carbocycles. The quantitative estimate of drug-likeness (QED) is 0.833. The normalized spacial score (nSPS) is 18.9. The number of amides is 1. The fourth-order valence-corrected chi connectivity index (χ4v) is 2.65. The smallest absolute Gasteiger partial charge is 0.222 e. The molecule has 0 bridgehead atoms. The highest BCUT2D eigenvalue weighted by Gasteiger charge is 2.22. The molecule has 130 valence electrons. The first-order valence-electron chi connectivity index (χ1n) is 7.84. The lowest BCUT2D eigenvalue weighted by Gasteiger charge is -2.26. The zero-order chi connectivity index (χ0) is 15.9. The number of hydrogen-bond acceptors (Lipinski definition) is 4. The Bertz CT molecular complexity index is 473. The molecule has 1 aliphatic rings. The highest BCUT2D eigenvalue weighted by Crippen LogP contribution is 2.24. The van der Waals surface area contributed by atoms with Crippen molar-refractivity contribution >= 4 is 18.3 Å². The molecule has 0 radical (unpaired) electrons. The van der Waals surface area contributed by atoms with Gasteiger partial charge in [0, 0.05) is 19.0 Å². The van der Waals surface area contributed by atoms with E-state index in [4.69, 9.17) is 9.47 Å². The molecule has 23 heavy (non-hydrogen) atoms. The number of rotatable bonds is 6. The highest BCUT2D eigenvalue weighted by molar-refractivity contribution is 5.85. The first-order chi connectivity index (χ1) is 10.6. The first-order valence-corrected chi connectivity index (χ1v) is 7.84. The van der Waals surface area contributed by atoms with Crippen molar-refractivity contribution in [3.8, 4) is 5.75 Å². The summed E-state index contributed by atoms with van der Waals surface area (Å²) >= 11 is 0. The molecule has 1 amide bonds. The van der Waals surface area contributed by atoms with Gasteiger partial charge in [0.1, 0.15) is 5.75 Å². The largest absolute Gasteiger partial charge is 0.497 e. The van der Waals surface area contributed by atoms with Crippen LogP contribution in [0.4, 0.5) is 0 Å². The van der Waals surface area contributed by atoms with E-state index in [1.165, 1.54) is 0 Å². The lowest BCUT2D eigenvalue weighted by Crippen LogP contribution is -2.45. The summed E-state index contributed by atoms with van der Waals surface area (Å²) in [6, 6.07) is 7.97. The molecule has 2 atom stereocenters. The Labute approximate surface area is 144 Å². The zero-order valence-electron chi connectivity index (χ0n) is 14.0. The van der Waals surface area contributed by atoms with Gasteiger partial charge in [0.25, 0.3) is 0 Å². The van der Waals surface area contributed by atoms with E-state index in [1.807, 2.05) is 24.3 Å². The molecular weight excluding hydrogens is 316 g/mol. The number of halogens is 1. The van der Waals surface area contributed by atoms with E-state index in [-0.39, 0.29) is 30.4 Å². The maximum absolute atomic E-state index is 12.3. The lowest BCUT2D eigenvalue weighted by molar-refractivity contribution is -0.123. The number of carbonyl (C=O) groups excluding carboxylic acids is 1. The molecule has 0 saturated carbocycles. The molecule has 0 aliphatic carbocycles. The Morgan fingerprint density at radius 2 is 2.09 bits per heavy atom. The summed E-state index contributed by atoms with van der Waals surface area (Å²) in [6.07, 6.45) is 0.444. The minimum atomic E-state index is 0. The maximum Gasteiger partial charge on any atom is 0.222 e. The van der Waals surface area contributed by atoms with Crippen molar-refractivity contribution in [1.29, 1.82) is 0 Å². The van der Waals surface area contributed by atoms with E-state index < -0.39 is 0 Å². The van der Waals surface area contributed by atoms with Crippen molar-refractivity contribution in [2.45, 2.75) is 32.4 Å². The van der Waals surface area contributed by atoms with E-state index in [1.54, 1.807) is 7.11 Å². The number of ether oxygens (including phenoxy) is 2. The Kier molecular flexibility index (Phi) is 8.37. The monoisotopic (exact) mass is 342 g/mol. The van der Waals surface area contributed by atoms with Crippen LogP contribution in [0.1, 0.15) is 31.9 Å². The number of hydrogen-bond donors (Lipinski definition) is 2. The summed E-state index contributed by atoms with van der Waals surface area (Å²) in [5.74, 6) is 1.19. The molecule has 2 unspecified atom stereocenters. The predicted molar refractivity (Wildman–Crippen MR) is 93.2 cm³/mol. The van der Waals surface area contributed by atoms with Crippen LogP contribution in [0.15, 0.2) is 24.3 Å². The molecule has 0 spiro atoms. The summed E-state index contributed by atoms with van der Waals surface area (Å²) in [7, 11) is 1.65. The van der Waals surface area contributed by atoms with Crippen LogP contribution in [-0.2, 0) is 9.53 Å². The Hall–Kier alpha value is -1.30. The van der Waals surface area contributed by atoms with Gasteiger partial charge in [-0.2, -0.15) is 0 Å². The summed E-state index contributed by atoms with van der Waals surface area (Å²) in [5.41, 5.74) is 1.09. The van der Waals surface area contributed by atoms with Crippen molar-refractivity contribution < 1.29 is 14.3 Å². The first kappa shape index (κ1) is 19.7. The van der Waals surface area contributed by atoms with Crippen LogP contribution in [-0.4, -0.2) is 38.8 Å². The second kappa shape index (κ2) is 9.75. The average Bonchev–Trinajstić information content (AvgIpc) is 2.53. The van der Waals surface area contributed by atoms with Gasteiger partial charge in [0.05, 0.1) is 26.4 Å². The van der Waals surface area contributed by atoms with Crippen LogP contribution < -0.4 is 15.4 Å². The van der Waals surface area contributed by atoms with Gasteiger partial charge >= 0.3 is 0 Å². The van der Waals surface area contributed by atoms with Crippen molar-refractivity contribution in [3.63, 3.8) is 0 Å². The van der Waals surface area contributed by atoms with Crippen LogP contribution in [0.25, 0.3) is 0 Å². The van der Waals surface area contributed by atoms with Gasteiger partial charge in [-0.05, 0) is 23.6 Å². The number of methoxy groups -OCH3 is 1. The summed E-state index contributed by atoms with van der Waals surface area (Å²) < 4.78 is 10.6. The summed E-state index contributed by atoms with van der Waals surface area (Å²) in [6.45, 7) is 6.35. The van der Waals surface area contributed by atoms with Crippen molar-refractivity contribution in [1.82, 2.24) is 10.6 Å². The van der Waals surface area contributed by atoms with Gasteiger partial charge in [-0.1, -0.05) is 26.0 Å². The molecule has 2 N–H and O–H groups in total. The fourth-order valence-electron chi connectivity index (χ4n) is 2.65. The SMILES string of the molecule is COc1ccc(C(NC(=O)CC2COCCN2)C(C)C)cc1.Cl. The molecule has 1 aliphatic heterocycles. The number of benzene rings is 1. The second-order valence-electron chi connectivity index (χ2n) is 5.99. The Morgan fingerprint density at radius 1 is 1.39 bits per heavy atom. The number of nitrogens with one attached hydrogen (secondary N) is 2. The zero-order valence-corrected chi connectivity index (χ0v) is 14.8.